The fourth-order valence-electron chi connectivity index (χ4n) is 10.8. The summed E-state index contributed by atoms with van der Waals surface area (Å²) in [6, 6.07) is 69.3. The highest BCUT2D eigenvalue weighted by atomic mass is 15.4. The third-order valence-electron chi connectivity index (χ3n) is 14.4. The molecule has 0 aliphatic carbocycles. The Morgan fingerprint density at radius 1 is 0.247 bits per heavy atom. The average molecular weight is 1000 g/mol. The fraction of sp³-hybridized carbons (Fsp3) is 0.130. The van der Waals surface area contributed by atoms with Gasteiger partial charge in [0.05, 0.1) is 17.1 Å². The molecular formula is C69H60N8. The summed E-state index contributed by atoms with van der Waals surface area (Å²) >= 11 is 0. The van der Waals surface area contributed by atoms with Crippen molar-refractivity contribution in [1.29, 1.82) is 0 Å². The first kappa shape index (κ1) is 49.8. The van der Waals surface area contributed by atoms with Crippen molar-refractivity contribution in [2.75, 3.05) is 9.80 Å². The lowest BCUT2D eigenvalue weighted by atomic mass is 9.95. The molecule has 0 radical (unpaired) electrons. The number of hydrogen-bond donors (Lipinski definition) is 0. The fourth-order valence-corrected chi connectivity index (χ4v) is 10.8. The zero-order valence-electron chi connectivity index (χ0n) is 45.1. The summed E-state index contributed by atoms with van der Waals surface area (Å²) in [5.74, 6) is 2.78. The van der Waals surface area contributed by atoms with Crippen molar-refractivity contribution in [2.24, 2.45) is 0 Å². The van der Waals surface area contributed by atoms with Crippen LogP contribution in [0.2, 0.25) is 0 Å². The Hall–Kier alpha value is -9.40. The van der Waals surface area contributed by atoms with E-state index in [0.29, 0.717) is 35.2 Å². The van der Waals surface area contributed by atoms with Crippen molar-refractivity contribution >= 4 is 34.6 Å². The van der Waals surface area contributed by atoms with Gasteiger partial charge in [-0.15, -0.1) is 0 Å². The summed E-state index contributed by atoms with van der Waals surface area (Å²) in [5.41, 5.74) is 22.4. The van der Waals surface area contributed by atoms with E-state index < -0.39 is 0 Å². The summed E-state index contributed by atoms with van der Waals surface area (Å²) in [6.07, 6.45) is 0. The van der Waals surface area contributed by atoms with Gasteiger partial charge in [0.15, 0.2) is 23.3 Å². The van der Waals surface area contributed by atoms with Gasteiger partial charge in [0, 0.05) is 27.9 Å². The molecule has 9 aromatic carbocycles. The predicted molar refractivity (Wildman–Crippen MR) is 318 cm³/mol. The number of benzene rings is 9. The molecule has 8 heteroatoms. The smallest absolute Gasteiger partial charge is 0.241 e. The van der Waals surface area contributed by atoms with Crippen LogP contribution in [0.5, 0.6) is 0 Å². The lowest BCUT2D eigenvalue weighted by molar-refractivity contribution is 0.956. The Morgan fingerprint density at radius 3 is 0.857 bits per heavy atom. The van der Waals surface area contributed by atoms with E-state index in [1.807, 2.05) is 77.7 Å². The van der Waals surface area contributed by atoms with Gasteiger partial charge < -0.3 is 4.90 Å². The molecule has 0 saturated carbocycles. The molecule has 8 nitrogen and oxygen atoms in total. The zero-order valence-corrected chi connectivity index (χ0v) is 45.1. The number of aryl methyl sites for hydroxylation is 7. The average Bonchev–Trinajstić information content (AvgIpc) is 3.47. The highest BCUT2D eigenvalue weighted by Crippen LogP contribution is 2.48. The lowest BCUT2D eigenvalue weighted by Gasteiger charge is -2.35. The molecule has 2 aromatic heterocycles. The van der Waals surface area contributed by atoms with Crippen LogP contribution in [0, 0.1) is 62.3 Å². The van der Waals surface area contributed by atoms with Crippen molar-refractivity contribution < 1.29 is 0 Å². The predicted octanol–water partition coefficient (Wildman–Crippen LogP) is 17.8. The molecule has 0 aliphatic rings. The van der Waals surface area contributed by atoms with E-state index >= 15 is 0 Å². The molecule has 376 valence electrons. The highest BCUT2D eigenvalue weighted by molar-refractivity contribution is 5.89. The summed E-state index contributed by atoms with van der Waals surface area (Å²) in [6.45, 7) is 19.8. The summed E-state index contributed by atoms with van der Waals surface area (Å²) in [4.78, 5) is 36.7. The Balaban J connectivity index is 1.19. The van der Waals surface area contributed by atoms with E-state index in [0.717, 1.165) is 83.9 Å². The highest BCUT2D eigenvalue weighted by Gasteiger charge is 2.30. The van der Waals surface area contributed by atoms with E-state index in [2.05, 4.69) is 195 Å². The monoisotopic (exact) mass is 1000 g/mol. The molecule has 0 unspecified atom stereocenters. The maximum atomic E-state index is 5.46. The van der Waals surface area contributed by atoms with Crippen molar-refractivity contribution in [3.8, 4) is 67.8 Å². The topological polar surface area (TPSA) is 83.8 Å². The third-order valence-corrected chi connectivity index (χ3v) is 14.4. The first-order chi connectivity index (χ1) is 37.4. The van der Waals surface area contributed by atoms with Crippen molar-refractivity contribution in [3.63, 3.8) is 0 Å². The van der Waals surface area contributed by atoms with Crippen LogP contribution in [0.1, 0.15) is 50.1 Å². The maximum absolute atomic E-state index is 5.46. The van der Waals surface area contributed by atoms with Crippen LogP contribution in [0.15, 0.2) is 200 Å². The number of hydrogen-bond acceptors (Lipinski definition) is 8. The van der Waals surface area contributed by atoms with E-state index in [-0.39, 0.29) is 0 Å². The van der Waals surface area contributed by atoms with Crippen molar-refractivity contribution in [3.05, 3.63) is 250 Å². The normalized spacial score (nSPS) is 11.2. The molecule has 0 spiro atoms. The van der Waals surface area contributed by atoms with Gasteiger partial charge in [0.2, 0.25) is 11.9 Å². The summed E-state index contributed by atoms with van der Waals surface area (Å²) in [7, 11) is 0. The van der Waals surface area contributed by atoms with Crippen LogP contribution in [-0.2, 0) is 0 Å². The minimum absolute atomic E-state index is 0.363. The molecule has 2 heterocycles. The largest absolute Gasteiger partial charge is 0.309 e. The molecule has 0 bridgehead atoms. The van der Waals surface area contributed by atoms with Gasteiger partial charge >= 0.3 is 0 Å². The molecule has 0 fully saturated rings. The first-order valence-corrected chi connectivity index (χ1v) is 26.2. The maximum Gasteiger partial charge on any atom is 0.241 e. The van der Waals surface area contributed by atoms with E-state index in [1.165, 1.54) is 33.4 Å². The van der Waals surface area contributed by atoms with Gasteiger partial charge in [0.1, 0.15) is 0 Å². The first-order valence-electron chi connectivity index (χ1n) is 26.2. The van der Waals surface area contributed by atoms with E-state index in [1.54, 1.807) is 0 Å². The summed E-state index contributed by atoms with van der Waals surface area (Å²) in [5, 5.41) is 0. The Kier molecular flexibility index (Phi) is 13.6. The van der Waals surface area contributed by atoms with Crippen LogP contribution in [0.3, 0.4) is 0 Å². The zero-order chi connectivity index (χ0) is 53.3. The number of aromatic nitrogens is 6. The van der Waals surface area contributed by atoms with Crippen molar-refractivity contribution in [2.45, 2.75) is 62.3 Å². The Morgan fingerprint density at radius 2 is 0.519 bits per heavy atom. The molecule has 0 aliphatic heterocycles. The van der Waals surface area contributed by atoms with Gasteiger partial charge in [-0.25, -0.2) is 14.9 Å². The molecule has 11 rings (SSSR count). The van der Waals surface area contributed by atoms with E-state index in [9.17, 15) is 0 Å². The second-order valence-electron chi connectivity index (χ2n) is 20.2. The van der Waals surface area contributed by atoms with Crippen LogP contribution in [-0.4, -0.2) is 29.9 Å². The molecule has 77 heavy (non-hydrogen) atoms. The molecule has 0 amide bonds. The molecule has 11 aromatic rings. The van der Waals surface area contributed by atoms with Gasteiger partial charge in [-0.1, -0.05) is 205 Å². The SMILES string of the molecule is Cc1cc(C)c(N(c2cc(C)c(N(c3nc(-c4ccccc4)nc(-c4ccc(-c5ccccc5)cc4)n3)c3nc(-c4ccccc4)nc(-c4ccc(-c5ccccc5)cc4)n3)c(C)c2C)c2c(C)cc(C)cc2C)c(C)c1. The second-order valence-corrected chi connectivity index (χ2v) is 20.2. The Bertz CT molecular complexity index is 3660. The van der Waals surface area contributed by atoms with Crippen LogP contribution in [0.4, 0.5) is 34.6 Å². The Labute approximate surface area is 452 Å². The number of nitrogens with zero attached hydrogens (tertiary/aromatic N) is 8. The summed E-state index contributed by atoms with van der Waals surface area (Å²) < 4.78 is 0. The minimum Gasteiger partial charge on any atom is -0.309 e. The van der Waals surface area contributed by atoms with Crippen LogP contribution < -0.4 is 9.80 Å². The van der Waals surface area contributed by atoms with Crippen LogP contribution >= 0.6 is 0 Å². The lowest BCUT2D eigenvalue weighted by Crippen LogP contribution is -2.22. The molecule has 0 N–H and O–H groups in total. The van der Waals surface area contributed by atoms with Crippen LogP contribution in [0.25, 0.3) is 67.8 Å². The van der Waals surface area contributed by atoms with Crippen molar-refractivity contribution in [1.82, 2.24) is 29.9 Å². The molecule has 0 saturated heterocycles. The number of anilines is 6. The van der Waals surface area contributed by atoms with Gasteiger partial charge in [-0.2, -0.15) is 19.9 Å². The molecule has 0 atom stereocenters. The van der Waals surface area contributed by atoms with Gasteiger partial charge in [0.25, 0.3) is 0 Å². The molecular weight excluding hydrogens is 941 g/mol. The standard InChI is InChI=1S/C69H60N8/c1-43-38-45(3)61(46(4)39-43)76(62-47(5)40-44(2)41-48(62)6)60-42-49(7)63(51(9)50(60)8)77(68-72-64(56-26-18-12-19-27-56)70-66(74-68)58-34-30-54(31-35-58)52-22-14-10-15-23-52)69-73-65(57-28-20-13-21-29-57)71-67(75-69)59-36-32-55(33-37-59)53-24-16-11-17-25-53/h10-42H,1-9H3. The van der Waals surface area contributed by atoms with Gasteiger partial charge in [-0.05, 0) is 130 Å². The third kappa shape index (κ3) is 10.0. The minimum atomic E-state index is 0.363. The number of rotatable bonds is 12. The second kappa shape index (κ2) is 21.1. The van der Waals surface area contributed by atoms with E-state index in [4.69, 9.17) is 29.9 Å². The quantitative estimate of drug-likeness (QED) is 0.120. The van der Waals surface area contributed by atoms with Gasteiger partial charge in [-0.3, -0.25) is 0 Å².